The molecule has 1 aliphatic rings. The Labute approximate surface area is 118 Å². The van der Waals surface area contributed by atoms with Crippen LogP contribution in [0.15, 0.2) is 23.1 Å². The molecule has 106 valence electrons. The minimum Gasteiger partial charge on any atom is -0.398 e. The van der Waals surface area contributed by atoms with E-state index >= 15 is 0 Å². The third-order valence-electron chi connectivity index (χ3n) is 3.39. The second kappa shape index (κ2) is 4.94. The van der Waals surface area contributed by atoms with Gasteiger partial charge in [0.15, 0.2) is 0 Å². The molecule has 1 heterocycles. The molecule has 0 saturated carbocycles. The van der Waals surface area contributed by atoms with Crippen molar-refractivity contribution < 1.29 is 13.5 Å². The van der Waals surface area contributed by atoms with Crippen LogP contribution in [0.25, 0.3) is 0 Å². The summed E-state index contributed by atoms with van der Waals surface area (Å²) in [6, 6.07) is 4.35. The molecular formula is C12H17ClN2O3S. The first-order chi connectivity index (χ1) is 8.72. The SMILES string of the molecule is CC1(O)CCN(S(=O)(=O)c2ccc(Cl)cc2N)CC1. The maximum atomic E-state index is 12.5. The lowest BCUT2D eigenvalue weighted by Crippen LogP contribution is -2.45. The topological polar surface area (TPSA) is 83.6 Å². The van der Waals surface area contributed by atoms with Crippen LogP contribution in [0.4, 0.5) is 5.69 Å². The molecule has 0 aliphatic carbocycles. The van der Waals surface area contributed by atoms with Crippen LogP contribution in [-0.2, 0) is 10.0 Å². The number of rotatable bonds is 2. The number of aliphatic hydroxyl groups is 1. The van der Waals surface area contributed by atoms with E-state index in [-0.39, 0.29) is 23.7 Å². The Bertz CT molecular complexity index is 577. The monoisotopic (exact) mass is 304 g/mol. The second-order valence-corrected chi connectivity index (χ2v) is 7.43. The van der Waals surface area contributed by atoms with Crippen molar-refractivity contribution in [1.82, 2.24) is 4.31 Å². The fourth-order valence-electron chi connectivity index (χ4n) is 2.10. The van der Waals surface area contributed by atoms with E-state index in [0.29, 0.717) is 17.9 Å². The van der Waals surface area contributed by atoms with Gasteiger partial charge in [-0.3, -0.25) is 0 Å². The van der Waals surface area contributed by atoms with E-state index in [4.69, 9.17) is 17.3 Å². The van der Waals surface area contributed by atoms with Gasteiger partial charge in [-0.25, -0.2) is 8.42 Å². The summed E-state index contributed by atoms with van der Waals surface area (Å²) in [6.07, 6.45) is 0.833. The molecule has 1 aromatic rings. The minimum absolute atomic E-state index is 0.0680. The third-order valence-corrected chi connectivity index (χ3v) is 5.60. The van der Waals surface area contributed by atoms with Crippen molar-refractivity contribution in [2.75, 3.05) is 18.8 Å². The first-order valence-electron chi connectivity index (χ1n) is 6.00. The molecule has 0 unspecified atom stereocenters. The number of nitrogens with two attached hydrogens (primary N) is 1. The van der Waals surface area contributed by atoms with E-state index in [1.807, 2.05) is 0 Å². The molecule has 7 heteroatoms. The fourth-order valence-corrected chi connectivity index (χ4v) is 3.82. The van der Waals surface area contributed by atoms with Crippen LogP contribution >= 0.6 is 11.6 Å². The maximum absolute atomic E-state index is 12.5. The number of halogens is 1. The van der Waals surface area contributed by atoms with Gasteiger partial charge in [-0.15, -0.1) is 0 Å². The van der Waals surface area contributed by atoms with Crippen LogP contribution < -0.4 is 5.73 Å². The Balaban J connectivity index is 2.28. The number of sulfonamides is 1. The number of nitrogens with zero attached hydrogens (tertiary/aromatic N) is 1. The molecule has 0 radical (unpaired) electrons. The first kappa shape index (κ1) is 14.6. The molecule has 0 atom stereocenters. The van der Waals surface area contributed by atoms with Crippen LogP contribution in [0.1, 0.15) is 19.8 Å². The van der Waals surface area contributed by atoms with Crippen molar-refractivity contribution >= 4 is 27.3 Å². The van der Waals surface area contributed by atoms with E-state index in [2.05, 4.69) is 0 Å². The Morgan fingerprint density at radius 2 is 1.95 bits per heavy atom. The number of nitrogen functional groups attached to an aromatic ring is 1. The molecule has 0 aromatic heterocycles. The third kappa shape index (κ3) is 3.02. The van der Waals surface area contributed by atoms with Crippen molar-refractivity contribution in [3.63, 3.8) is 0 Å². The van der Waals surface area contributed by atoms with Gasteiger partial charge in [0.1, 0.15) is 4.90 Å². The second-order valence-electron chi connectivity index (χ2n) is 5.08. The number of hydrogen-bond acceptors (Lipinski definition) is 4. The Morgan fingerprint density at radius 3 is 2.47 bits per heavy atom. The highest BCUT2D eigenvalue weighted by Gasteiger charge is 2.34. The molecule has 5 nitrogen and oxygen atoms in total. The molecule has 1 saturated heterocycles. The average Bonchev–Trinajstić information content (AvgIpc) is 2.27. The van der Waals surface area contributed by atoms with Gasteiger partial charge in [0, 0.05) is 18.1 Å². The number of anilines is 1. The Kier molecular flexibility index (Phi) is 3.79. The molecule has 19 heavy (non-hydrogen) atoms. The summed E-state index contributed by atoms with van der Waals surface area (Å²) in [5.41, 5.74) is 5.08. The molecule has 1 fully saturated rings. The molecule has 1 aromatic carbocycles. The Morgan fingerprint density at radius 1 is 1.37 bits per heavy atom. The van der Waals surface area contributed by atoms with E-state index in [1.165, 1.54) is 22.5 Å². The molecular weight excluding hydrogens is 288 g/mol. The predicted octanol–water partition coefficient (Wildman–Crippen LogP) is 1.46. The summed E-state index contributed by atoms with van der Waals surface area (Å²) in [4.78, 5) is 0.0680. The summed E-state index contributed by atoms with van der Waals surface area (Å²) in [5.74, 6) is 0. The van der Waals surface area contributed by atoms with E-state index in [1.54, 1.807) is 6.92 Å². The lowest BCUT2D eigenvalue weighted by molar-refractivity contribution is 0.0126. The summed E-state index contributed by atoms with van der Waals surface area (Å²) in [5, 5.41) is 10.3. The standard InChI is InChI=1S/C12H17ClN2O3S/c1-12(16)4-6-15(7-5-12)19(17,18)11-3-2-9(13)8-10(11)14/h2-3,8,16H,4-7,14H2,1H3. The van der Waals surface area contributed by atoms with E-state index in [0.717, 1.165) is 0 Å². The van der Waals surface area contributed by atoms with Crippen LogP contribution in [0, 0.1) is 0 Å². The van der Waals surface area contributed by atoms with Crippen LogP contribution in [0.5, 0.6) is 0 Å². The van der Waals surface area contributed by atoms with Crippen molar-refractivity contribution in [1.29, 1.82) is 0 Å². The molecule has 0 bridgehead atoms. The van der Waals surface area contributed by atoms with Gasteiger partial charge < -0.3 is 10.8 Å². The lowest BCUT2D eigenvalue weighted by atomic mass is 9.95. The van der Waals surface area contributed by atoms with Gasteiger partial charge in [-0.05, 0) is 38.0 Å². The van der Waals surface area contributed by atoms with Gasteiger partial charge in [0.25, 0.3) is 0 Å². The largest absolute Gasteiger partial charge is 0.398 e. The van der Waals surface area contributed by atoms with Crippen LogP contribution in [-0.4, -0.2) is 36.5 Å². The predicted molar refractivity (Wildman–Crippen MR) is 74.5 cm³/mol. The summed E-state index contributed by atoms with van der Waals surface area (Å²) in [6.45, 7) is 2.29. The van der Waals surface area contributed by atoms with Gasteiger partial charge in [-0.1, -0.05) is 11.6 Å². The van der Waals surface area contributed by atoms with Crippen molar-refractivity contribution in [3.8, 4) is 0 Å². The molecule has 0 spiro atoms. The van der Waals surface area contributed by atoms with E-state index in [9.17, 15) is 13.5 Å². The normalized spacial score (nSPS) is 20.4. The highest BCUT2D eigenvalue weighted by Crippen LogP contribution is 2.29. The summed E-state index contributed by atoms with van der Waals surface area (Å²) in [7, 11) is -3.62. The number of benzene rings is 1. The summed E-state index contributed by atoms with van der Waals surface area (Å²) >= 11 is 5.77. The molecule has 1 aliphatic heterocycles. The minimum atomic E-state index is -3.62. The zero-order chi connectivity index (χ0) is 14.3. The quantitative estimate of drug-likeness (QED) is 0.810. The van der Waals surface area contributed by atoms with E-state index < -0.39 is 15.6 Å². The van der Waals surface area contributed by atoms with Gasteiger partial charge >= 0.3 is 0 Å². The smallest absolute Gasteiger partial charge is 0.245 e. The van der Waals surface area contributed by atoms with Gasteiger partial charge in [0.05, 0.1) is 11.3 Å². The molecule has 0 amide bonds. The van der Waals surface area contributed by atoms with Crippen LogP contribution in [0.3, 0.4) is 0 Å². The number of piperidine rings is 1. The first-order valence-corrected chi connectivity index (χ1v) is 7.82. The van der Waals surface area contributed by atoms with Crippen molar-refractivity contribution in [2.24, 2.45) is 0 Å². The van der Waals surface area contributed by atoms with Crippen molar-refractivity contribution in [3.05, 3.63) is 23.2 Å². The van der Waals surface area contributed by atoms with Gasteiger partial charge in [-0.2, -0.15) is 4.31 Å². The fraction of sp³-hybridized carbons (Fsp3) is 0.500. The lowest BCUT2D eigenvalue weighted by Gasteiger charge is -2.35. The maximum Gasteiger partial charge on any atom is 0.245 e. The zero-order valence-electron chi connectivity index (χ0n) is 10.6. The van der Waals surface area contributed by atoms with Crippen LogP contribution in [0.2, 0.25) is 5.02 Å². The molecule has 2 rings (SSSR count). The highest BCUT2D eigenvalue weighted by atomic mass is 35.5. The number of hydrogen-bond donors (Lipinski definition) is 2. The Hall–Kier alpha value is -0.820. The zero-order valence-corrected chi connectivity index (χ0v) is 12.2. The average molecular weight is 305 g/mol. The van der Waals surface area contributed by atoms with Gasteiger partial charge in [0.2, 0.25) is 10.0 Å². The van der Waals surface area contributed by atoms with Crippen molar-refractivity contribution in [2.45, 2.75) is 30.3 Å². The highest BCUT2D eigenvalue weighted by molar-refractivity contribution is 7.89. The molecule has 3 N–H and O–H groups in total. The summed E-state index contributed by atoms with van der Waals surface area (Å²) < 4.78 is 26.3.